The van der Waals surface area contributed by atoms with Gasteiger partial charge in [0.1, 0.15) is 11.7 Å². The number of H-pyrrole nitrogens is 1. The zero-order valence-corrected chi connectivity index (χ0v) is 22.3. The highest BCUT2D eigenvalue weighted by Gasteiger charge is 2.24. The van der Waals surface area contributed by atoms with E-state index in [1.165, 1.54) is 11.8 Å². The Morgan fingerprint density at radius 3 is 2.64 bits per heavy atom. The summed E-state index contributed by atoms with van der Waals surface area (Å²) >= 11 is 0. The van der Waals surface area contributed by atoms with E-state index in [0.29, 0.717) is 12.1 Å². The summed E-state index contributed by atoms with van der Waals surface area (Å²) in [5.41, 5.74) is 3.86. The van der Waals surface area contributed by atoms with Crippen molar-refractivity contribution < 1.29 is 29.1 Å². The van der Waals surface area contributed by atoms with Crippen LogP contribution in [0.4, 0.5) is 0 Å². The number of esters is 1. The van der Waals surface area contributed by atoms with Crippen molar-refractivity contribution in [2.24, 2.45) is 11.8 Å². The summed E-state index contributed by atoms with van der Waals surface area (Å²) in [4.78, 5) is 52.3. The van der Waals surface area contributed by atoms with E-state index in [9.17, 15) is 19.2 Å². The second kappa shape index (κ2) is 14.0. The van der Waals surface area contributed by atoms with Gasteiger partial charge in [-0.25, -0.2) is 10.3 Å². The van der Waals surface area contributed by atoms with Crippen molar-refractivity contribution in [1.29, 1.82) is 0 Å². The van der Waals surface area contributed by atoms with Crippen LogP contribution in [0.3, 0.4) is 0 Å². The quantitative estimate of drug-likeness (QED) is 0.115. The summed E-state index contributed by atoms with van der Waals surface area (Å²) in [6.07, 6.45) is 4.09. The summed E-state index contributed by atoms with van der Waals surface area (Å²) < 4.78 is 6.36. The number of hydrogen-bond acceptors (Lipinski definition) is 8. The van der Waals surface area contributed by atoms with Crippen LogP contribution in [0.5, 0.6) is 0 Å². The van der Waals surface area contributed by atoms with Gasteiger partial charge in [0.25, 0.3) is 0 Å². The maximum absolute atomic E-state index is 12.6. The van der Waals surface area contributed by atoms with Gasteiger partial charge in [-0.2, -0.15) is 0 Å². The fourth-order valence-corrected chi connectivity index (χ4v) is 4.31. The highest BCUT2D eigenvalue weighted by atomic mass is 16.5. The van der Waals surface area contributed by atoms with Gasteiger partial charge in [0.15, 0.2) is 0 Å². The molecule has 0 bridgehead atoms. The number of nitrogens with zero attached hydrogens (tertiary/aromatic N) is 3. The lowest BCUT2D eigenvalue weighted by Gasteiger charge is -2.17. The Bertz CT molecular complexity index is 1280. The smallest absolute Gasteiger partial charge is 0.328 e. The second-order valence-corrected chi connectivity index (χ2v) is 9.71. The van der Waals surface area contributed by atoms with Crippen LogP contribution in [0.25, 0.3) is 10.9 Å². The zero-order valence-electron chi connectivity index (χ0n) is 22.3. The molecule has 13 heteroatoms. The summed E-state index contributed by atoms with van der Waals surface area (Å²) in [5, 5.41) is 23.2. The molecule has 3 rings (SSSR count). The summed E-state index contributed by atoms with van der Waals surface area (Å²) in [6, 6.07) is 6.84. The number of aromatic nitrogens is 4. The van der Waals surface area contributed by atoms with Crippen LogP contribution in [0, 0.1) is 11.8 Å². The van der Waals surface area contributed by atoms with Gasteiger partial charge in [-0.05, 0) is 24.0 Å². The number of carbonyl (C=O) groups is 4. The first-order valence-electron chi connectivity index (χ1n) is 12.7. The lowest BCUT2D eigenvalue weighted by atomic mass is 9.93. The van der Waals surface area contributed by atoms with Crippen molar-refractivity contribution in [3.05, 3.63) is 47.9 Å². The van der Waals surface area contributed by atoms with Crippen LogP contribution >= 0.6 is 0 Å². The van der Waals surface area contributed by atoms with Gasteiger partial charge in [-0.3, -0.25) is 24.3 Å². The van der Waals surface area contributed by atoms with Crippen LogP contribution in [-0.4, -0.2) is 62.0 Å². The molecule has 1 aromatic carbocycles. The molecule has 0 fully saturated rings. The number of aryl methyl sites for hydroxylation is 1. The molecule has 1 unspecified atom stereocenters. The topological polar surface area (TPSA) is 180 Å². The Morgan fingerprint density at radius 2 is 1.92 bits per heavy atom. The van der Waals surface area contributed by atoms with Crippen LogP contribution < -0.4 is 16.1 Å². The molecular weight excluding hydrogens is 506 g/mol. The molecule has 0 saturated carbocycles. The largest absolute Gasteiger partial charge is 0.467 e. The first kappa shape index (κ1) is 29.3. The number of carbonyl (C=O) groups excluding carboxylic acids is 4. The molecule has 3 aromatic rings. The van der Waals surface area contributed by atoms with Crippen molar-refractivity contribution >= 4 is 34.6 Å². The first-order valence-corrected chi connectivity index (χ1v) is 12.7. The number of hydrogen-bond donors (Lipinski definition) is 5. The van der Waals surface area contributed by atoms with Crippen LogP contribution in [-0.2, 0) is 43.4 Å². The molecule has 0 radical (unpaired) electrons. The first-order chi connectivity index (χ1) is 18.7. The maximum atomic E-state index is 12.6. The average Bonchev–Trinajstić information content (AvgIpc) is 3.56. The normalized spacial score (nSPS) is 12.6. The monoisotopic (exact) mass is 541 g/mol. The third kappa shape index (κ3) is 8.64. The minimum Gasteiger partial charge on any atom is -0.467 e. The van der Waals surface area contributed by atoms with Gasteiger partial charge >= 0.3 is 5.97 Å². The van der Waals surface area contributed by atoms with E-state index >= 15 is 0 Å². The number of benzene rings is 1. The predicted molar refractivity (Wildman–Crippen MR) is 140 cm³/mol. The number of methoxy groups -OCH3 is 1. The van der Waals surface area contributed by atoms with Gasteiger partial charge in [-0.15, -0.1) is 5.10 Å². The highest BCUT2D eigenvalue weighted by Crippen LogP contribution is 2.19. The van der Waals surface area contributed by atoms with Crippen LogP contribution in [0.1, 0.15) is 44.4 Å². The number of aromatic amines is 1. The van der Waals surface area contributed by atoms with Gasteiger partial charge in [0.05, 0.1) is 26.4 Å². The molecule has 3 amide bonds. The number of hydroxylamine groups is 1. The lowest BCUT2D eigenvalue weighted by Crippen LogP contribution is -2.43. The molecule has 2 heterocycles. The molecule has 39 heavy (non-hydrogen) atoms. The van der Waals surface area contributed by atoms with Gasteiger partial charge < -0.3 is 20.4 Å². The number of ether oxygens (including phenoxy) is 1. The maximum Gasteiger partial charge on any atom is 0.328 e. The average molecular weight is 542 g/mol. The molecule has 5 N–H and O–H groups in total. The molecule has 0 spiro atoms. The van der Waals surface area contributed by atoms with Crippen LogP contribution in [0.15, 0.2) is 36.7 Å². The number of amides is 3. The second-order valence-electron chi connectivity index (χ2n) is 9.71. The summed E-state index contributed by atoms with van der Waals surface area (Å²) in [6.45, 7) is 4.18. The van der Waals surface area contributed by atoms with Gasteiger partial charge in [0, 0.05) is 42.3 Å². The van der Waals surface area contributed by atoms with Crippen LogP contribution in [0.2, 0.25) is 0 Å². The molecule has 0 aliphatic rings. The van der Waals surface area contributed by atoms with E-state index < -0.39 is 23.8 Å². The highest BCUT2D eigenvalue weighted by molar-refractivity contribution is 5.87. The lowest BCUT2D eigenvalue weighted by molar-refractivity contribution is -0.145. The van der Waals surface area contributed by atoms with E-state index in [0.717, 1.165) is 16.5 Å². The van der Waals surface area contributed by atoms with Crippen molar-refractivity contribution in [3.8, 4) is 0 Å². The Morgan fingerprint density at radius 1 is 1.15 bits per heavy atom. The van der Waals surface area contributed by atoms with Gasteiger partial charge in [-0.1, -0.05) is 37.3 Å². The van der Waals surface area contributed by atoms with Gasteiger partial charge in [0.2, 0.25) is 17.7 Å². The Hall–Kier alpha value is -4.26. The summed E-state index contributed by atoms with van der Waals surface area (Å²) in [5.74, 6) is -2.27. The molecule has 2 atom stereocenters. The molecule has 0 aliphatic heterocycles. The molecule has 210 valence electrons. The van der Waals surface area contributed by atoms with E-state index in [2.05, 4.69) is 25.9 Å². The summed E-state index contributed by atoms with van der Waals surface area (Å²) in [7, 11) is 1.28. The minimum atomic E-state index is -0.852. The Balaban J connectivity index is 1.51. The predicted octanol–water partition coefficient (Wildman–Crippen LogP) is 1.22. The van der Waals surface area contributed by atoms with E-state index in [1.807, 2.05) is 44.3 Å². The molecule has 0 aliphatic carbocycles. The molecule has 2 aromatic heterocycles. The number of nitrogens with one attached hydrogen (secondary N) is 4. The van der Waals surface area contributed by atoms with Crippen molar-refractivity contribution in [3.63, 3.8) is 0 Å². The fraction of sp³-hybridized carbons (Fsp3) is 0.462. The van der Waals surface area contributed by atoms with E-state index in [-0.39, 0.29) is 50.1 Å². The number of para-hydroxylation sites is 1. The Labute approximate surface area is 225 Å². The number of fused-ring (bicyclic) bond motifs is 1. The molecule has 13 nitrogen and oxygen atoms in total. The van der Waals surface area contributed by atoms with Crippen molar-refractivity contribution in [2.75, 3.05) is 7.11 Å². The SMILES string of the molecule is COC(=O)[C@H](Cc1c[nH]c2ccccc12)NC(=O)CCn1cc(CNC(=O)C(CC(=O)NO)CC(C)C)nn1. The zero-order chi connectivity index (χ0) is 28.4. The molecule has 0 saturated heterocycles. The van der Waals surface area contributed by atoms with E-state index in [4.69, 9.17) is 9.94 Å². The fourth-order valence-electron chi connectivity index (χ4n) is 4.31. The molecular formula is C26H35N7O6. The standard InChI is InChI=1S/C26H35N7O6/c1-16(2)10-17(12-24(35)31-38)25(36)28-14-19-15-33(32-30-19)9-8-23(34)29-22(26(37)39-3)11-18-13-27-21-7-5-4-6-20(18)21/h4-7,13,15-17,22,27,38H,8-12,14H2,1-3H3,(H,28,36)(H,29,34)(H,31,35)/t17?,22-/m0/s1. The van der Waals surface area contributed by atoms with Crippen molar-refractivity contribution in [1.82, 2.24) is 36.1 Å². The Kier molecular flexibility index (Phi) is 10.6. The minimum absolute atomic E-state index is 0.0449. The third-order valence-electron chi connectivity index (χ3n) is 6.20. The van der Waals surface area contributed by atoms with E-state index in [1.54, 1.807) is 11.7 Å². The number of rotatable bonds is 14. The van der Waals surface area contributed by atoms with Crippen molar-refractivity contribution in [2.45, 2.75) is 58.7 Å². The third-order valence-corrected chi connectivity index (χ3v) is 6.20.